The van der Waals surface area contributed by atoms with Crippen molar-refractivity contribution < 1.29 is 9.59 Å². The third kappa shape index (κ3) is 4.63. The monoisotopic (exact) mass is 389 g/mol. The Morgan fingerprint density at radius 3 is 2.59 bits per heavy atom. The first-order valence-corrected chi connectivity index (χ1v) is 9.68. The number of aromatic nitrogens is 2. The summed E-state index contributed by atoms with van der Waals surface area (Å²) in [6.45, 7) is 1.04. The second kappa shape index (κ2) is 8.60. The molecule has 29 heavy (non-hydrogen) atoms. The van der Waals surface area contributed by atoms with Gasteiger partial charge in [0.05, 0.1) is 24.8 Å². The van der Waals surface area contributed by atoms with Crippen LogP contribution in [0.4, 0.5) is 5.69 Å². The Balaban J connectivity index is 1.27. The molecule has 1 aliphatic rings. The fourth-order valence-electron chi connectivity index (χ4n) is 3.53. The fraction of sp³-hybridized carbons (Fsp3) is 0.227. The van der Waals surface area contributed by atoms with Gasteiger partial charge in [0.25, 0.3) is 5.91 Å². The molecule has 0 unspecified atom stereocenters. The predicted octanol–water partition coefficient (Wildman–Crippen LogP) is 2.01. The molecule has 2 N–H and O–H groups in total. The number of aryl methyl sites for hydroxylation is 1. The lowest BCUT2D eigenvalue weighted by Crippen LogP contribution is -2.47. The van der Waals surface area contributed by atoms with E-state index in [0.29, 0.717) is 0 Å². The average molecular weight is 389 g/mol. The highest BCUT2D eigenvalue weighted by Gasteiger charge is 2.18. The van der Waals surface area contributed by atoms with Crippen LogP contribution in [0.3, 0.4) is 0 Å². The SMILES string of the molecule is O=C(Cc1cnn(-c2ccccc2)c1)NNC(=O)CN1CCCc2ccccc21. The third-order valence-electron chi connectivity index (χ3n) is 4.90. The fourth-order valence-corrected chi connectivity index (χ4v) is 3.53. The van der Waals surface area contributed by atoms with E-state index in [-0.39, 0.29) is 24.8 Å². The quantitative estimate of drug-likeness (QED) is 0.655. The minimum Gasteiger partial charge on any atom is -0.362 e. The van der Waals surface area contributed by atoms with Gasteiger partial charge in [-0.25, -0.2) is 4.68 Å². The molecule has 148 valence electrons. The number of amides is 2. The Morgan fingerprint density at radius 1 is 0.966 bits per heavy atom. The molecule has 2 heterocycles. The van der Waals surface area contributed by atoms with Crippen molar-refractivity contribution in [2.45, 2.75) is 19.3 Å². The molecule has 2 amide bonds. The molecule has 3 aromatic rings. The van der Waals surface area contributed by atoms with Gasteiger partial charge in [-0.3, -0.25) is 20.4 Å². The molecule has 7 nitrogen and oxygen atoms in total. The third-order valence-corrected chi connectivity index (χ3v) is 4.90. The molecule has 0 fully saturated rings. The summed E-state index contributed by atoms with van der Waals surface area (Å²) < 4.78 is 1.72. The molecular formula is C22H23N5O2. The van der Waals surface area contributed by atoms with Gasteiger partial charge in [-0.1, -0.05) is 36.4 Å². The Kier molecular flexibility index (Phi) is 5.56. The van der Waals surface area contributed by atoms with Crippen molar-refractivity contribution in [2.75, 3.05) is 18.0 Å². The number of para-hydroxylation sites is 2. The van der Waals surface area contributed by atoms with Gasteiger partial charge in [0, 0.05) is 18.4 Å². The van der Waals surface area contributed by atoms with Crippen LogP contribution in [0.5, 0.6) is 0 Å². The number of carbonyl (C=O) groups excluding carboxylic acids is 2. The number of carbonyl (C=O) groups is 2. The van der Waals surface area contributed by atoms with Crippen molar-refractivity contribution in [3.63, 3.8) is 0 Å². The van der Waals surface area contributed by atoms with Crippen LogP contribution in [-0.4, -0.2) is 34.7 Å². The zero-order valence-electron chi connectivity index (χ0n) is 16.0. The number of hydrazine groups is 1. The lowest BCUT2D eigenvalue weighted by atomic mass is 10.0. The van der Waals surface area contributed by atoms with Gasteiger partial charge < -0.3 is 4.90 Å². The van der Waals surface area contributed by atoms with Gasteiger partial charge in [-0.15, -0.1) is 0 Å². The highest BCUT2D eigenvalue weighted by Crippen LogP contribution is 2.26. The largest absolute Gasteiger partial charge is 0.362 e. The Morgan fingerprint density at radius 2 is 1.72 bits per heavy atom. The topological polar surface area (TPSA) is 79.3 Å². The average Bonchev–Trinajstić information content (AvgIpc) is 3.22. The standard InChI is InChI=1S/C22H23N5O2/c28-21(13-17-14-23-27(15-17)19-9-2-1-3-10-19)24-25-22(29)16-26-12-6-8-18-7-4-5-11-20(18)26/h1-5,7,9-11,14-15H,6,8,12-13,16H2,(H,24,28)(H,25,29). The van der Waals surface area contributed by atoms with Crippen LogP contribution in [0.15, 0.2) is 67.0 Å². The molecule has 4 rings (SSSR count). The Hall–Kier alpha value is -3.61. The van der Waals surface area contributed by atoms with Gasteiger partial charge in [0.2, 0.25) is 5.91 Å². The second-order valence-electron chi connectivity index (χ2n) is 7.06. The zero-order chi connectivity index (χ0) is 20.1. The maximum Gasteiger partial charge on any atom is 0.257 e. The van der Waals surface area contributed by atoms with E-state index < -0.39 is 0 Å². The van der Waals surface area contributed by atoms with E-state index >= 15 is 0 Å². The summed E-state index contributed by atoms with van der Waals surface area (Å²) >= 11 is 0. The van der Waals surface area contributed by atoms with E-state index in [2.05, 4.69) is 22.0 Å². The smallest absolute Gasteiger partial charge is 0.257 e. The number of fused-ring (bicyclic) bond motifs is 1. The second-order valence-corrected chi connectivity index (χ2v) is 7.06. The number of nitrogens with one attached hydrogen (secondary N) is 2. The number of benzene rings is 2. The van der Waals surface area contributed by atoms with Crippen molar-refractivity contribution in [3.05, 3.63) is 78.1 Å². The number of nitrogens with zero attached hydrogens (tertiary/aromatic N) is 3. The Bertz CT molecular complexity index is 999. The zero-order valence-corrected chi connectivity index (χ0v) is 16.0. The maximum absolute atomic E-state index is 12.3. The minimum absolute atomic E-state index is 0.139. The first-order chi connectivity index (χ1) is 14.2. The van der Waals surface area contributed by atoms with Crippen LogP contribution in [0.2, 0.25) is 0 Å². The van der Waals surface area contributed by atoms with Crippen LogP contribution >= 0.6 is 0 Å². The van der Waals surface area contributed by atoms with Crippen molar-refractivity contribution >= 4 is 17.5 Å². The van der Waals surface area contributed by atoms with Crippen LogP contribution in [-0.2, 0) is 22.4 Å². The Labute approximate surface area is 169 Å². The maximum atomic E-state index is 12.3. The number of rotatable bonds is 5. The highest BCUT2D eigenvalue weighted by atomic mass is 16.2. The van der Waals surface area contributed by atoms with Crippen molar-refractivity contribution in [1.82, 2.24) is 20.6 Å². The van der Waals surface area contributed by atoms with Crippen LogP contribution in [0.1, 0.15) is 17.5 Å². The summed E-state index contributed by atoms with van der Waals surface area (Å²) in [5, 5.41) is 4.28. The van der Waals surface area contributed by atoms with Crippen molar-refractivity contribution in [3.8, 4) is 5.69 Å². The summed E-state index contributed by atoms with van der Waals surface area (Å²) in [6, 6.07) is 17.8. The molecular weight excluding hydrogens is 366 g/mol. The van der Waals surface area contributed by atoms with Gasteiger partial charge in [0.1, 0.15) is 0 Å². The molecule has 1 aliphatic heterocycles. The highest BCUT2D eigenvalue weighted by molar-refractivity contribution is 5.85. The number of anilines is 1. The molecule has 0 radical (unpaired) electrons. The minimum atomic E-state index is -0.287. The molecule has 0 saturated heterocycles. The van der Waals surface area contributed by atoms with Gasteiger partial charge in [-0.2, -0.15) is 5.10 Å². The molecule has 1 aromatic heterocycles. The summed E-state index contributed by atoms with van der Waals surface area (Å²) in [5.41, 5.74) is 9.04. The summed E-state index contributed by atoms with van der Waals surface area (Å²) in [5.74, 6) is -0.528. The molecule has 0 saturated carbocycles. The van der Waals surface area contributed by atoms with Gasteiger partial charge in [-0.05, 0) is 42.2 Å². The van der Waals surface area contributed by atoms with Crippen molar-refractivity contribution in [2.24, 2.45) is 0 Å². The predicted molar refractivity (Wildman–Crippen MR) is 111 cm³/mol. The number of hydrogen-bond acceptors (Lipinski definition) is 4. The summed E-state index contributed by atoms with van der Waals surface area (Å²) in [7, 11) is 0. The first kappa shape index (κ1) is 18.7. The van der Waals surface area contributed by atoms with Crippen LogP contribution < -0.4 is 15.8 Å². The molecule has 7 heteroatoms. The van der Waals surface area contributed by atoms with Gasteiger partial charge >= 0.3 is 0 Å². The van der Waals surface area contributed by atoms with Crippen LogP contribution in [0, 0.1) is 0 Å². The van der Waals surface area contributed by atoms with E-state index in [1.807, 2.05) is 53.4 Å². The van der Waals surface area contributed by atoms with E-state index in [9.17, 15) is 9.59 Å². The molecule has 0 aliphatic carbocycles. The van der Waals surface area contributed by atoms with Crippen LogP contribution in [0.25, 0.3) is 5.69 Å². The number of hydrogen-bond donors (Lipinski definition) is 2. The van der Waals surface area contributed by atoms with E-state index in [4.69, 9.17) is 0 Å². The van der Waals surface area contributed by atoms with E-state index in [0.717, 1.165) is 36.3 Å². The molecule has 0 atom stereocenters. The van der Waals surface area contributed by atoms with E-state index in [1.54, 1.807) is 17.1 Å². The summed E-state index contributed by atoms with van der Waals surface area (Å²) in [4.78, 5) is 26.5. The molecule has 0 bridgehead atoms. The van der Waals surface area contributed by atoms with E-state index in [1.165, 1.54) is 5.56 Å². The summed E-state index contributed by atoms with van der Waals surface area (Å²) in [6.07, 6.45) is 5.64. The lowest BCUT2D eigenvalue weighted by Gasteiger charge is -2.30. The lowest BCUT2D eigenvalue weighted by molar-refractivity contribution is -0.127. The van der Waals surface area contributed by atoms with Gasteiger partial charge in [0.15, 0.2) is 0 Å². The normalized spacial score (nSPS) is 12.9. The van der Waals surface area contributed by atoms with Crippen molar-refractivity contribution in [1.29, 1.82) is 0 Å². The molecule has 0 spiro atoms. The first-order valence-electron chi connectivity index (χ1n) is 9.68. The molecule has 2 aromatic carbocycles.